The maximum atomic E-state index is 12.3. The Morgan fingerprint density at radius 2 is 2.17 bits per heavy atom. The Labute approximate surface area is 136 Å². The molecule has 128 valence electrons. The van der Waals surface area contributed by atoms with E-state index in [1.54, 1.807) is 24.8 Å². The largest absolute Gasteiger partial charge is 0.466 e. The van der Waals surface area contributed by atoms with Crippen molar-refractivity contribution < 1.29 is 19.1 Å². The summed E-state index contributed by atoms with van der Waals surface area (Å²) < 4.78 is 5.44. The minimum absolute atomic E-state index is 0.00761. The summed E-state index contributed by atoms with van der Waals surface area (Å²) in [6.07, 6.45) is 0.232. The van der Waals surface area contributed by atoms with Crippen molar-refractivity contribution in [3.63, 3.8) is 0 Å². The molecule has 0 radical (unpaired) electrons. The Balaban J connectivity index is 1.97. The van der Waals surface area contributed by atoms with E-state index in [0.717, 1.165) is 5.76 Å². The zero-order valence-electron chi connectivity index (χ0n) is 14.5. The van der Waals surface area contributed by atoms with Gasteiger partial charge in [-0.2, -0.15) is 0 Å². The quantitative estimate of drug-likeness (QED) is 0.860. The van der Waals surface area contributed by atoms with Gasteiger partial charge in [-0.25, -0.2) is 0 Å². The molecule has 1 aromatic rings. The van der Waals surface area contributed by atoms with Crippen molar-refractivity contribution in [2.75, 3.05) is 13.1 Å². The molecule has 1 fully saturated rings. The van der Waals surface area contributed by atoms with Crippen LogP contribution in [-0.2, 0) is 15.2 Å². The molecule has 2 atom stereocenters. The monoisotopic (exact) mass is 322 g/mol. The van der Waals surface area contributed by atoms with E-state index < -0.39 is 5.60 Å². The van der Waals surface area contributed by atoms with Crippen molar-refractivity contribution in [2.24, 2.45) is 5.92 Å². The fraction of sp³-hybridized carbons (Fsp3) is 0.647. The number of carbonyl (C=O) groups excluding carboxylic acids is 2. The third-order valence-corrected chi connectivity index (χ3v) is 4.38. The Morgan fingerprint density at radius 3 is 2.65 bits per heavy atom. The van der Waals surface area contributed by atoms with Crippen LogP contribution < -0.4 is 5.32 Å². The molecule has 6 heteroatoms. The zero-order valence-corrected chi connectivity index (χ0v) is 14.5. The predicted octanol–water partition coefficient (Wildman–Crippen LogP) is 1.48. The Kier molecular flexibility index (Phi) is 4.84. The van der Waals surface area contributed by atoms with Crippen LogP contribution in [0.5, 0.6) is 0 Å². The number of hydrogen-bond acceptors (Lipinski definition) is 4. The van der Waals surface area contributed by atoms with Crippen molar-refractivity contribution >= 4 is 11.8 Å². The van der Waals surface area contributed by atoms with Crippen LogP contribution >= 0.6 is 0 Å². The van der Waals surface area contributed by atoms with Gasteiger partial charge in [0.2, 0.25) is 11.8 Å². The van der Waals surface area contributed by atoms with Crippen LogP contribution in [0.3, 0.4) is 0 Å². The number of carbonyl (C=O) groups is 2. The number of nitrogens with zero attached hydrogens (tertiary/aromatic N) is 1. The summed E-state index contributed by atoms with van der Waals surface area (Å²) in [4.78, 5) is 25.9. The number of nitrogens with one attached hydrogen (secondary N) is 1. The number of amides is 2. The predicted molar refractivity (Wildman–Crippen MR) is 85.7 cm³/mol. The van der Waals surface area contributed by atoms with Crippen LogP contribution in [0.25, 0.3) is 0 Å². The highest BCUT2D eigenvalue weighted by molar-refractivity contribution is 5.89. The molecule has 1 aliphatic heterocycles. The summed E-state index contributed by atoms with van der Waals surface area (Å²) in [6.45, 7) is 9.64. The van der Waals surface area contributed by atoms with Crippen molar-refractivity contribution in [1.82, 2.24) is 10.2 Å². The van der Waals surface area contributed by atoms with Gasteiger partial charge in [-0.05, 0) is 40.7 Å². The minimum atomic E-state index is -1.21. The highest BCUT2D eigenvalue weighted by Crippen LogP contribution is 2.27. The molecule has 6 nitrogen and oxygen atoms in total. The molecule has 1 aliphatic rings. The van der Waals surface area contributed by atoms with Crippen molar-refractivity contribution in [3.05, 3.63) is 23.2 Å². The second-order valence-corrected chi connectivity index (χ2v) is 6.86. The van der Waals surface area contributed by atoms with E-state index in [2.05, 4.69) is 5.32 Å². The minimum Gasteiger partial charge on any atom is -0.466 e. The molecule has 2 unspecified atom stereocenters. The summed E-state index contributed by atoms with van der Waals surface area (Å²) >= 11 is 0. The lowest BCUT2D eigenvalue weighted by Crippen LogP contribution is -2.42. The van der Waals surface area contributed by atoms with E-state index >= 15 is 0 Å². The van der Waals surface area contributed by atoms with Crippen LogP contribution in [0, 0.1) is 19.8 Å². The van der Waals surface area contributed by atoms with Crippen LogP contribution in [0.1, 0.15) is 44.3 Å². The number of rotatable bonds is 5. The molecule has 0 bridgehead atoms. The topological polar surface area (TPSA) is 82.8 Å². The molecule has 0 spiro atoms. The van der Waals surface area contributed by atoms with Gasteiger partial charge in [0, 0.05) is 24.6 Å². The van der Waals surface area contributed by atoms with Gasteiger partial charge in [0.25, 0.3) is 0 Å². The lowest BCUT2D eigenvalue weighted by atomic mass is 9.96. The molecule has 0 saturated carbocycles. The van der Waals surface area contributed by atoms with Gasteiger partial charge in [0.1, 0.15) is 17.1 Å². The number of furan rings is 1. The number of hydrogen-bond donors (Lipinski definition) is 2. The summed E-state index contributed by atoms with van der Waals surface area (Å²) in [6, 6.07) is 1.88. The molecule has 1 aromatic heterocycles. The molecule has 2 N–H and O–H groups in total. The van der Waals surface area contributed by atoms with E-state index in [-0.39, 0.29) is 36.7 Å². The first kappa shape index (κ1) is 17.5. The summed E-state index contributed by atoms with van der Waals surface area (Å²) in [5.74, 6) is 0.822. The number of likely N-dealkylation sites (tertiary alicyclic amines) is 1. The van der Waals surface area contributed by atoms with Crippen molar-refractivity contribution in [2.45, 2.75) is 52.7 Å². The van der Waals surface area contributed by atoms with Crippen molar-refractivity contribution in [3.8, 4) is 0 Å². The van der Waals surface area contributed by atoms with Gasteiger partial charge in [-0.15, -0.1) is 0 Å². The SMILES string of the molecule is Cc1cc(C(C)(O)CNC(=O)C2CC(=O)N(C(C)C)C2)c(C)o1. The van der Waals surface area contributed by atoms with E-state index in [1.807, 2.05) is 20.8 Å². The average molecular weight is 322 g/mol. The van der Waals surface area contributed by atoms with Crippen LogP contribution in [0.4, 0.5) is 0 Å². The van der Waals surface area contributed by atoms with Gasteiger partial charge >= 0.3 is 0 Å². The van der Waals surface area contributed by atoms with Gasteiger partial charge in [0.05, 0.1) is 12.5 Å². The van der Waals surface area contributed by atoms with E-state index in [1.165, 1.54) is 0 Å². The lowest BCUT2D eigenvalue weighted by molar-refractivity contribution is -0.130. The molecule has 2 rings (SSSR count). The highest BCUT2D eigenvalue weighted by Gasteiger charge is 2.36. The first-order valence-corrected chi connectivity index (χ1v) is 7.99. The Morgan fingerprint density at radius 1 is 1.52 bits per heavy atom. The Bertz CT molecular complexity index is 604. The van der Waals surface area contributed by atoms with Crippen LogP contribution in [0.15, 0.2) is 10.5 Å². The summed E-state index contributed by atoms with van der Waals surface area (Å²) in [7, 11) is 0. The third kappa shape index (κ3) is 3.75. The van der Waals surface area contributed by atoms with E-state index in [0.29, 0.717) is 17.9 Å². The average Bonchev–Trinajstić information content (AvgIpc) is 2.99. The van der Waals surface area contributed by atoms with Gasteiger partial charge < -0.3 is 19.7 Å². The molecule has 2 amide bonds. The van der Waals surface area contributed by atoms with E-state index in [9.17, 15) is 14.7 Å². The van der Waals surface area contributed by atoms with Crippen molar-refractivity contribution in [1.29, 1.82) is 0 Å². The smallest absolute Gasteiger partial charge is 0.225 e. The molecule has 2 heterocycles. The molecule has 0 aliphatic carbocycles. The summed E-state index contributed by atoms with van der Waals surface area (Å²) in [5, 5.41) is 13.4. The molecular weight excluding hydrogens is 296 g/mol. The molecular formula is C17H26N2O4. The van der Waals surface area contributed by atoms with Crippen LogP contribution in [-0.4, -0.2) is 41.0 Å². The first-order chi connectivity index (χ1) is 10.6. The van der Waals surface area contributed by atoms with E-state index in [4.69, 9.17) is 4.42 Å². The van der Waals surface area contributed by atoms with Gasteiger partial charge in [0.15, 0.2) is 0 Å². The number of aryl methyl sites for hydroxylation is 2. The van der Waals surface area contributed by atoms with Crippen LogP contribution in [0.2, 0.25) is 0 Å². The molecule has 0 aromatic carbocycles. The second-order valence-electron chi connectivity index (χ2n) is 6.86. The first-order valence-electron chi connectivity index (χ1n) is 7.99. The Hall–Kier alpha value is -1.82. The number of aliphatic hydroxyl groups is 1. The molecule has 23 heavy (non-hydrogen) atoms. The maximum absolute atomic E-state index is 12.3. The molecule has 1 saturated heterocycles. The van der Waals surface area contributed by atoms with Gasteiger partial charge in [-0.1, -0.05) is 0 Å². The summed E-state index contributed by atoms with van der Waals surface area (Å²) in [5.41, 5.74) is -0.542. The second kappa shape index (κ2) is 6.35. The fourth-order valence-corrected chi connectivity index (χ4v) is 3.07. The normalized spacial score (nSPS) is 20.9. The standard InChI is InChI=1S/C17H26N2O4/c1-10(2)19-8-13(7-15(19)20)16(21)18-9-17(5,22)14-6-11(3)23-12(14)4/h6,10,13,22H,7-9H2,1-5H3,(H,18,21). The fourth-order valence-electron chi connectivity index (χ4n) is 3.07. The lowest BCUT2D eigenvalue weighted by Gasteiger charge is -2.24. The highest BCUT2D eigenvalue weighted by atomic mass is 16.3. The van der Waals surface area contributed by atoms with Gasteiger partial charge in [-0.3, -0.25) is 9.59 Å². The zero-order chi connectivity index (χ0) is 17.4. The third-order valence-electron chi connectivity index (χ3n) is 4.38. The maximum Gasteiger partial charge on any atom is 0.225 e.